The highest BCUT2D eigenvalue weighted by Crippen LogP contribution is 2.28. The van der Waals surface area contributed by atoms with E-state index in [9.17, 15) is 4.79 Å². The van der Waals surface area contributed by atoms with Crippen molar-refractivity contribution in [2.75, 3.05) is 27.7 Å². The van der Waals surface area contributed by atoms with Gasteiger partial charge in [0.1, 0.15) is 5.75 Å². The number of ether oxygens (including phenoxy) is 1. The van der Waals surface area contributed by atoms with Crippen LogP contribution < -0.4 is 10.1 Å². The summed E-state index contributed by atoms with van der Waals surface area (Å²) in [4.78, 5) is 13.4. The average molecular weight is 264 g/mol. The first kappa shape index (κ1) is 15.5. The van der Waals surface area contributed by atoms with Gasteiger partial charge >= 0.3 is 0 Å². The molecule has 0 saturated heterocycles. The summed E-state index contributed by atoms with van der Waals surface area (Å²) in [5.74, 6) is 0.954. The molecule has 106 valence electrons. The summed E-state index contributed by atoms with van der Waals surface area (Å²) in [5.41, 5.74) is 4.87. The number of benzene rings is 1. The Bertz CT molecular complexity index is 470. The van der Waals surface area contributed by atoms with Gasteiger partial charge in [-0.1, -0.05) is 0 Å². The summed E-state index contributed by atoms with van der Waals surface area (Å²) >= 11 is 0. The molecule has 0 spiro atoms. The number of carbonyl (C=O) groups excluding carboxylic acids is 1. The quantitative estimate of drug-likeness (QED) is 0.881. The molecule has 0 bridgehead atoms. The van der Waals surface area contributed by atoms with Gasteiger partial charge in [0.25, 0.3) is 0 Å². The number of hydrogen-bond acceptors (Lipinski definition) is 3. The van der Waals surface area contributed by atoms with Crippen LogP contribution in [0.5, 0.6) is 5.75 Å². The maximum atomic E-state index is 11.4. The minimum Gasteiger partial charge on any atom is -0.496 e. The van der Waals surface area contributed by atoms with Gasteiger partial charge in [-0.2, -0.15) is 0 Å². The maximum Gasteiger partial charge on any atom is 0.233 e. The molecule has 0 aliphatic heterocycles. The molecule has 0 aliphatic carbocycles. The van der Waals surface area contributed by atoms with Gasteiger partial charge in [0.15, 0.2) is 0 Å². The SMILES string of the molecule is CNC(=O)CN(C)Cc1c(C)cc(OC)c(C)c1C. The van der Waals surface area contributed by atoms with Crippen LogP contribution >= 0.6 is 0 Å². The molecule has 4 heteroatoms. The molecule has 0 radical (unpaired) electrons. The summed E-state index contributed by atoms with van der Waals surface area (Å²) < 4.78 is 5.37. The van der Waals surface area contributed by atoms with Crippen LogP contribution in [0.1, 0.15) is 22.3 Å². The van der Waals surface area contributed by atoms with Gasteiger partial charge in [-0.05, 0) is 56.1 Å². The maximum absolute atomic E-state index is 11.4. The molecule has 0 saturated carbocycles. The van der Waals surface area contributed by atoms with Crippen molar-refractivity contribution in [3.05, 3.63) is 28.3 Å². The first-order chi connectivity index (χ1) is 8.90. The molecule has 0 aliphatic rings. The Morgan fingerprint density at radius 1 is 1.32 bits per heavy atom. The Morgan fingerprint density at radius 3 is 2.47 bits per heavy atom. The van der Waals surface area contributed by atoms with Crippen molar-refractivity contribution < 1.29 is 9.53 Å². The Hall–Kier alpha value is -1.55. The van der Waals surface area contributed by atoms with E-state index >= 15 is 0 Å². The van der Waals surface area contributed by atoms with Crippen LogP contribution in [0.2, 0.25) is 0 Å². The predicted octanol–water partition coefficient (Wildman–Crippen LogP) is 1.80. The Balaban J connectivity index is 2.95. The van der Waals surface area contributed by atoms with Crippen molar-refractivity contribution in [3.63, 3.8) is 0 Å². The lowest BCUT2D eigenvalue weighted by atomic mass is 9.97. The van der Waals surface area contributed by atoms with Crippen LogP contribution in [0.4, 0.5) is 0 Å². The van der Waals surface area contributed by atoms with Crippen molar-refractivity contribution in [3.8, 4) is 5.75 Å². The molecule has 0 aromatic heterocycles. The van der Waals surface area contributed by atoms with Gasteiger partial charge in [0.2, 0.25) is 5.91 Å². The highest BCUT2D eigenvalue weighted by atomic mass is 16.5. The van der Waals surface area contributed by atoms with Crippen molar-refractivity contribution in [2.45, 2.75) is 27.3 Å². The van der Waals surface area contributed by atoms with Crippen LogP contribution in [0, 0.1) is 20.8 Å². The molecule has 4 nitrogen and oxygen atoms in total. The van der Waals surface area contributed by atoms with Crippen molar-refractivity contribution in [2.24, 2.45) is 0 Å². The Labute approximate surface area is 115 Å². The van der Waals surface area contributed by atoms with Crippen LogP contribution in [0.3, 0.4) is 0 Å². The zero-order valence-corrected chi connectivity index (χ0v) is 12.8. The van der Waals surface area contributed by atoms with E-state index in [-0.39, 0.29) is 5.91 Å². The molecule has 1 aromatic rings. The van der Waals surface area contributed by atoms with Crippen molar-refractivity contribution in [1.82, 2.24) is 10.2 Å². The zero-order chi connectivity index (χ0) is 14.6. The third-order valence-electron chi connectivity index (χ3n) is 3.55. The topological polar surface area (TPSA) is 41.6 Å². The third-order valence-corrected chi connectivity index (χ3v) is 3.55. The van der Waals surface area contributed by atoms with Crippen LogP contribution in [-0.2, 0) is 11.3 Å². The predicted molar refractivity (Wildman–Crippen MR) is 77.6 cm³/mol. The molecular weight excluding hydrogens is 240 g/mol. The van der Waals surface area contributed by atoms with Gasteiger partial charge in [-0.15, -0.1) is 0 Å². The fraction of sp³-hybridized carbons (Fsp3) is 0.533. The molecule has 0 fully saturated rings. The van der Waals surface area contributed by atoms with E-state index in [4.69, 9.17) is 4.74 Å². The number of methoxy groups -OCH3 is 1. The average Bonchev–Trinajstić information content (AvgIpc) is 2.38. The molecule has 19 heavy (non-hydrogen) atoms. The lowest BCUT2D eigenvalue weighted by Gasteiger charge is -2.21. The second kappa shape index (κ2) is 6.57. The summed E-state index contributed by atoms with van der Waals surface area (Å²) in [6.45, 7) is 7.41. The number of aryl methyl sites for hydroxylation is 1. The van der Waals surface area contributed by atoms with E-state index in [1.54, 1.807) is 14.2 Å². The number of amides is 1. The highest BCUT2D eigenvalue weighted by molar-refractivity contribution is 5.77. The fourth-order valence-corrected chi connectivity index (χ4v) is 2.20. The summed E-state index contributed by atoms with van der Waals surface area (Å²) in [5, 5.41) is 2.64. The minimum atomic E-state index is 0.0306. The van der Waals surface area contributed by atoms with Crippen LogP contribution in [0.25, 0.3) is 0 Å². The number of nitrogens with one attached hydrogen (secondary N) is 1. The van der Waals surface area contributed by atoms with Gasteiger partial charge in [0.05, 0.1) is 13.7 Å². The molecular formula is C15H24N2O2. The van der Waals surface area contributed by atoms with E-state index in [0.717, 1.165) is 17.9 Å². The lowest BCUT2D eigenvalue weighted by molar-refractivity contribution is -0.121. The van der Waals surface area contributed by atoms with Gasteiger partial charge in [0, 0.05) is 13.6 Å². The van der Waals surface area contributed by atoms with E-state index < -0.39 is 0 Å². The molecule has 1 N–H and O–H groups in total. The van der Waals surface area contributed by atoms with Gasteiger partial charge in [-0.3, -0.25) is 9.69 Å². The van der Waals surface area contributed by atoms with Gasteiger partial charge < -0.3 is 10.1 Å². The second-order valence-corrected chi connectivity index (χ2v) is 4.97. The minimum absolute atomic E-state index is 0.0306. The standard InChI is InChI=1S/C15H24N2O2/c1-10-7-14(19-6)12(3)11(2)13(10)8-17(5)9-15(18)16-4/h7H,8-9H2,1-6H3,(H,16,18). The van der Waals surface area contributed by atoms with E-state index in [1.165, 1.54) is 16.7 Å². The first-order valence-corrected chi connectivity index (χ1v) is 6.43. The monoisotopic (exact) mass is 264 g/mol. The molecule has 1 aromatic carbocycles. The largest absolute Gasteiger partial charge is 0.496 e. The number of likely N-dealkylation sites (N-methyl/N-ethyl adjacent to an activating group) is 2. The number of hydrogen-bond donors (Lipinski definition) is 1. The molecule has 1 rings (SSSR count). The second-order valence-electron chi connectivity index (χ2n) is 4.97. The Kier molecular flexibility index (Phi) is 5.36. The molecule has 0 heterocycles. The number of carbonyl (C=O) groups is 1. The highest BCUT2D eigenvalue weighted by Gasteiger charge is 2.13. The number of rotatable bonds is 5. The smallest absolute Gasteiger partial charge is 0.233 e. The van der Waals surface area contributed by atoms with Crippen LogP contribution in [0.15, 0.2) is 6.07 Å². The normalized spacial score (nSPS) is 10.7. The van der Waals surface area contributed by atoms with E-state index in [1.807, 2.05) is 11.9 Å². The molecule has 0 unspecified atom stereocenters. The zero-order valence-electron chi connectivity index (χ0n) is 12.8. The summed E-state index contributed by atoms with van der Waals surface area (Å²) in [6, 6.07) is 2.06. The lowest BCUT2D eigenvalue weighted by Crippen LogP contribution is -2.33. The fourth-order valence-electron chi connectivity index (χ4n) is 2.20. The third kappa shape index (κ3) is 3.70. The van der Waals surface area contributed by atoms with E-state index in [2.05, 4.69) is 32.2 Å². The van der Waals surface area contributed by atoms with Crippen LogP contribution in [-0.4, -0.2) is 38.6 Å². The number of nitrogens with zero attached hydrogens (tertiary/aromatic N) is 1. The van der Waals surface area contributed by atoms with E-state index in [0.29, 0.717) is 6.54 Å². The Morgan fingerprint density at radius 2 is 1.95 bits per heavy atom. The summed E-state index contributed by atoms with van der Waals surface area (Å²) in [7, 11) is 5.30. The van der Waals surface area contributed by atoms with Crippen molar-refractivity contribution >= 4 is 5.91 Å². The van der Waals surface area contributed by atoms with Gasteiger partial charge in [-0.25, -0.2) is 0 Å². The molecule has 1 amide bonds. The molecule has 0 atom stereocenters. The first-order valence-electron chi connectivity index (χ1n) is 6.43. The summed E-state index contributed by atoms with van der Waals surface area (Å²) in [6.07, 6.45) is 0. The van der Waals surface area contributed by atoms with Crippen molar-refractivity contribution in [1.29, 1.82) is 0 Å².